The van der Waals surface area contributed by atoms with E-state index >= 15 is 0 Å². The van der Waals surface area contributed by atoms with Crippen LogP contribution in [-0.4, -0.2) is 41.8 Å². The molecule has 0 radical (unpaired) electrons. The summed E-state index contributed by atoms with van der Waals surface area (Å²) in [6.07, 6.45) is 5.47. The van der Waals surface area contributed by atoms with Crippen LogP contribution in [0.2, 0.25) is 0 Å². The number of carbonyl (C=O) groups is 1. The molecule has 2 rings (SSSR count). The third-order valence-electron chi connectivity index (χ3n) is 4.49. The number of rotatable bonds is 3. The van der Waals surface area contributed by atoms with Gasteiger partial charge in [0.05, 0.1) is 13.2 Å². The Bertz CT molecular complexity index is 499. The van der Waals surface area contributed by atoms with Crippen LogP contribution in [0.5, 0.6) is 0 Å². The highest BCUT2D eigenvalue weighted by molar-refractivity contribution is 5.66. The molecule has 2 aliphatic rings. The molecule has 5 nitrogen and oxygen atoms in total. The molecule has 0 saturated carbocycles. The van der Waals surface area contributed by atoms with Gasteiger partial charge in [-0.25, -0.2) is 0 Å². The lowest BCUT2D eigenvalue weighted by atomic mass is 9.63. The van der Waals surface area contributed by atoms with Crippen molar-refractivity contribution < 1.29 is 24.1 Å². The van der Waals surface area contributed by atoms with E-state index in [4.69, 9.17) is 14.2 Å². The van der Waals surface area contributed by atoms with Crippen molar-refractivity contribution in [3.8, 4) is 0 Å². The fraction of sp³-hybridized carbons (Fsp3) is 0.706. The summed E-state index contributed by atoms with van der Waals surface area (Å²) in [7, 11) is 0. The minimum Gasteiger partial charge on any atom is -0.459 e. The van der Waals surface area contributed by atoms with Gasteiger partial charge < -0.3 is 19.3 Å². The molecule has 1 N–H and O–H groups in total. The third-order valence-corrected chi connectivity index (χ3v) is 4.49. The average molecular weight is 310 g/mol. The van der Waals surface area contributed by atoms with Crippen LogP contribution in [0.3, 0.4) is 0 Å². The van der Waals surface area contributed by atoms with Crippen molar-refractivity contribution in [2.45, 2.75) is 58.5 Å². The van der Waals surface area contributed by atoms with E-state index in [0.717, 1.165) is 5.57 Å². The zero-order valence-corrected chi connectivity index (χ0v) is 14.0. The van der Waals surface area contributed by atoms with Crippen LogP contribution >= 0.6 is 0 Å². The highest BCUT2D eigenvalue weighted by atomic mass is 16.7. The van der Waals surface area contributed by atoms with E-state index in [9.17, 15) is 9.90 Å². The van der Waals surface area contributed by atoms with Crippen molar-refractivity contribution in [2.24, 2.45) is 5.41 Å². The summed E-state index contributed by atoms with van der Waals surface area (Å²) in [6, 6.07) is 0. The second-order valence-electron chi connectivity index (χ2n) is 6.84. The SMILES string of the molecule is CC(=O)O[C@H](C)/C=C\[C@@]1(O)C(C)=CC2(CC1(C)C)OCCO2. The molecular weight excluding hydrogens is 284 g/mol. The summed E-state index contributed by atoms with van der Waals surface area (Å²) in [5.41, 5.74) is -0.846. The van der Waals surface area contributed by atoms with Crippen molar-refractivity contribution in [1.29, 1.82) is 0 Å². The Labute approximate surface area is 131 Å². The van der Waals surface area contributed by atoms with Crippen LogP contribution in [0.4, 0.5) is 0 Å². The molecule has 1 fully saturated rings. The summed E-state index contributed by atoms with van der Waals surface area (Å²) in [6.45, 7) is 10.1. The van der Waals surface area contributed by atoms with Crippen LogP contribution < -0.4 is 0 Å². The number of carbonyl (C=O) groups excluding carboxylic acids is 1. The van der Waals surface area contributed by atoms with E-state index in [1.165, 1.54) is 6.92 Å². The molecule has 0 unspecified atom stereocenters. The topological polar surface area (TPSA) is 65.0 Å². The molecule has 1 saturated heterocycles. The molecule has 0 aromatic carbocycles. The summed E-state index contributed by atoms with van der Waals surface area (Å²) in [4.78, 5) is 11.0. The van der Waals surface area contributed by atoms with Crippen molar-refractivity contribution in [1.82, 2.24) is 0 Å². The molecule has 0 amide bonds. The summed E-state index contributed by atoms with van der Waals surface area (Å²) >= 11 is 0. The van der Waals surface area contributed by atoms with Crippen molar-refractivity contribution in [3.05, 3.63) is 23.8 Å². The minimum absolute atomic E-state index is 0.342. The first-order valence-electron chi connectivity index (χ1n) is 7.67. The quantitative estimate of drug-likeness (QED) is 0.640. The molecule has 124 valence electrons. The van der Waals surface area contributed by atoms with Crippen molar-refractivity contribution in [3.63, 3.8) is 0 Å². The van der Waals surface area contributed by atoms with Gasteiger partial charge >= 0.3 is 5.97 Å². The lowest BCUT2D eigenvalue weighted by Gasteiger charge is -2.49. The molecular formula is C17H26O5. The van der Waals surface area contributed by atoms with Crippen LogP contribution in [0, 0.1) is 5.41 Å². The second-order valence-corrected chi connectivity index (χ2v) is 6.84. The van der Waals surface area contributed by atoms with E-state index < -0.39 is 16.8 Å². The Morgan fingerprint density at radius 2 is 2.00 bits per heavy atom. The van der Waals surface area contributed by atoms with E-state index in [0.29, 0.717) is 19.6 Å². The fourth-order valence-electron chi connectivity index (χ4n) is 3.36. The van der Waals surface area contributed by atoms with E-state index in [1.54, 1.807) is 19.1 Å². The Morgan fingerprint density at radius 1 is 1.41 bits per heavy atom. The summed E-state index contributed by atoms with van der Waals surface area (Å²) in [5, 5.41) is 11.2. The molecule has 0 aromatic heterocycles. The molecule has 5 heteroatoms. The number of esters is 1. The van der Waals surface area contributed by atoms with Gasteiger partial charge in [-0.1, -0.05) is 13.8 Å². The maximum Gasteiger partial charge on any atom is 0.303 e. The van der Waals surface area contributed by atoms with E-state index in [-0.39, 0.29) is 12.1 Å². The molecule has 1 aliphatic heterocycles. The van der Waals surface area contributed by atoms with E-state index in [2.05, 4.69) is 0 Å². The molecule has 1 aliphatic carbocycles. The molecule has 1 spiro atoms. The fourth-order valence-corrected chi connectivity index (χ4v) is 3.36. The Kier molecular flexibility index (Phi) is 4.53. The van der Waals surface area contributed by atoms with Crippen LogP contribution in [-0.2, 0) is 19.0 Å². The average Bonchev–Trinajstić information content (AvgIpc) is 2.80. The van der Waals surface area contributed by atoms with Crippen molar-refractivity contribution in [2.75, 3.05) is 13.2 Å². The highest BCUT2D eigenvalue weighted by Gasteiger charge is 2.54. The lowest BCUT2D eigenvalue weighted by molar-refractivity contribution is -0.171. The molecule has 2 atom stereocenters. The Balaban J connectivity index is 2.28. The zero-order chi connectivity index (χ0) is 16.6. The Morgan fingerprint density at radius 3 is 2.50 bits per heavy atom. The first kappa shape index (κ1) is 17.2. The van der Waals surface area contributed by atoms with Gasteiger partial charge in [-0.15, -0.1) is 0 Å². The number of ether oxygens (including phenoxy) is 3. The zero-order valence-electron chi connectivity index (χ0n) is 14.0. The third kappa shape index (κ3) is 3.12. The first-order chi connectivity index (χ1) is 10.1. The van der Waals surface area contributed by atoms with Crippen LogP contribution in [0.25, 0.3) is 0 Å². The monoisotopic (exact) mass is 310 g/mol. The number of hydrogen-bond acceptors (Lipinski definition) is 5. The van der Waals surface area contributed by atoms with Crippen molar-refractivity contribution >= 4 is 5.97 Å². The molecule has 1 heterocycles. The van der Waals surface area contributed by atoms with Gasteiger partial charge in [-0.05, 0) is 37.6 Å². The van der Waals surface area contributed by atoms with Gasteiger partial charge in [-0.3, -0.25) is 4.79 Å². The maximum atomic E-state index is 11.2. The van der Waals surface area contributed by atoms with Gasteiger partial charge in [0, 0.05) is 18.8 Å². The van der Waals surface area contributed by atoms with Crippen LogP contribution in [0.15, 0.2) is 23.8 Å². The van der Waals surface area contributed by atoms with Gasteiger partial charge in [0.25, 0.3) is 0 Å². The predicted octanol–water partition coefficient (Wildman–Crippen LogP) is 2.34. The molecule has 0 bridgehead atoms. The highest BCUT2D eigenvalue weighted by Crippen LogP contribution is 2.50. The second kappa shape index (κ2) is 5.80. The standard InChI is InChI=1S/C17H26O5/c1-12-10-16(20-8-9-21-16)11-15(4,5)17(12,19)7-6-13(2)22-14(3)18/h6-7,10,13,19H,8-9,11H2,1-5H3/b7-6-/t13-,17-/m1/s1. The predicted molar refractivity (Wildman–Crippen MR) is 82.1 cm³/mol. The van der Waals surface area contributed by atoms with Gasteiger partial charge in [-0.2, -0.15) is 0 Å². The number of aliphatic hydroxyl groups is 1. The summed E-state index contributed by atoms with van der Waals surface area (Å²) < 4.78 is 16.6. The van der Waals surface area contributed by atoms with E-state index in [1.807, 2.05) is 26.8 Å². The molecule has 0 aromatic rings. The Hall–Kier alpha value is -1.17. The minimum atomic E-state index is -1.14. The van der Waals surface area contributed by atoms with Gasteiger partial charge in [0.15, 0.2) is 5.79 Å². The molecule has 22 heavy (non-hydrogen) atoms. The van der Waals surface area contributed by atoms with Crippen LogP contribution in [0.1, 0.15) is 41.0 Å². The van der Waals surface area contributed by atoms with Gasteiger partial charge in [0.2, 0.25) is 0 Å². The maximum absolute atomic E-state index is 11.2. The number of hydrogen-bond donors (Lipinski definition) is 1. The summed E-state index contributed by atoms with van der Waals surface area (Å²) in [5.74, 6) is -1.07. The van der Waals surface area contributed by atoms with Gasteiger partial charge in [0.1, 0.15) is 11.7 Å². The largest absolute Gasteiger partial charge is 0.459 e. The smallest absolute Gasteiger partial charge is 0.303 e. The lowest BCUT2D eigenvalue weighted by Crippen LogP contribution is -2.53. The normalized spacial score (nSPS) is 31.3. The first-order valence-corrected chi connectivity index (χ1v) is 7.67.